The molecule has 1 saturated carbocycles. The van der Waals surface area contributed by atoms with E-state index in [1.54, 1.807) is 0 Å². The Balaban J connectivity index is 1.85. The van der Waals surface area contributed by atoms with Crippen molar-refractivity contribution < 1.29 is 4.79 Å². The van der Waals surface area contributed by atoms with Crippen molar-refractivity contribution in [3.8, 4) is 0 Å². The van der Waals surface area contributed by atoms with Crippen molar-refractivity contribution in [2.45, 2.75) is 51.0 Å². The molecule has 1 amide bonds. The molecule has 3 heteroatoms. The molecule has 104 valence electrons. The first-order valence-corrected chi connectivity index (χ1v) is 7.27. The standard InChI is InChI=1S/C16H24N2O/c1-18(14-8-3-2-4-9-14)16(19)12-11-13-7-5-6-10-15(13)17/h5-7,10,14H,2-4,8-9,11-12,17H2,1H3. The molecule has 0 saturated heterocycles. The molecule has 0 aliphatic heterocycles. The van der Waals surface area contributed by atoms with Crippen molar-refractivity contribution in [3.63, 3.8) is 0 Å². The van der Waals surface area contributed by atoms with Gasteiger partial charge in [-0.2, -0.15) is 0 Å². The summed E-state index contributed by atoms with van der Waals surface area (Å²) in [7, 11) is 1.95. The summed E-state index contributed by atoms with van der Waals surface area (Å²) in [5, 5.41) is 0. The van der Waals surface area contributed by atoms with Crippen LogP contribution in [0.5, 0.6) is 0 Å². The van der Waals surface area contributed by atoms with E-state index in [1.807, 2.05) is 36.2 Å². The topological polar surface area (TPSA) is 46.3 Å². The maximum absolute atomic E-state index is 12.2. The number of rotatable bonds is 4. The molecule has 0 spiro atoms. The number of hydrogen-bond donors (Lipinski definition) is 1. The molecule has 0 aromatic heterocycles. The maximum atomic E-state index is 12.2. The summed E-state index contributed by atoms with van der Waals surface area (Å²) in [6.45, 7) is 0. The number of benzene rings is 1. The third-order valence-electron chi connectivity index (χ3n) is 4.18. The van der Waals surface area contributed by atoms with Gasteiger partial charge in [0, 0.05) is 25.2 Å². The number of anilines is 1. The molecule has 1 aliphatic carbocycles. The number of para-hydroxylation sites is 1. The van der Waals surface area contributed by atoms with E-state index in [0.29, 0.717) is 12.5 Å². The highest BCUT2D eigenvalue weighted by Gasteiger charge is 2.21. The minimum absolute atomic E-state index is 0.246. The number of carbonyl (C=O) groups is 1. The van der Waals surface area contributed by atoms with Crippen LogP contribution in [0.2, 0.25) is 0 Å². The second kappa shape index (κ2) is 6.60. The summed E-state index contributed by atoms with van der Waals surface area (Å²) < 4.78 is 0. The first-order valence-electron chi connectivity index (χ1n) is 7.27. The van der Waals surface area contributed by atoms with Gasteiger partial charge in [-0.1, -0.05) is 37.5 Å². The highest BCUT2D eigenvalue weighted by atomic mass is 16.2. The summed E-state index contributed by atoms with van der Waals surface area (Å²) in [4.78, 5) is 14.2. The zero-order valence-electron chi connectivity index (χ0n) is 11.8. The van der Waals surface area contributed by atoms with E-state index < -0.39 is 0 Å². The van der Waals surface area contributed by atoms with Crippen molar-refractivity contribution in [1.29, 1.82) is 0 Å². The number of nitrogens with zero attached hydrogens (tertiary/aromatic N) is 1. The molecule has 0 unspecified atom stereocenters. The van der Waals surface area contributed by atoms with Gasteiger partial charge in [-0.05, 0) is 30.9 Å². The number of nitrogens with two attached hydrogens (primary N) is 1. The van der Waals surface area contributed by atoms with Crippen molar-refractivity contribution in [2.24, 2.45) is 0 Å². The molecule has 1 fully saturated rings. The van der Waals surface area contributed by atoms with Gasteiger partial charge in [0.1, 0.15) is 0 Å². The maximum Gasteiger partial charge on any atom is 0.222 e. The highest BCUT2D eigenvalue weighted by molar-refractivity contribution is 5.76. The fourth-order valence-electron chi connectivity index (χ4n) is 2.85. The molecule has 0 bridgehead atoms. The number of aryl methyl sites for hydroxylation is 1. The normalized spacial score (nSPS) is 16.3. The number of carbonyl (C=O) groups excluding carboxylic acids is 1. The molecule has 0 atom stereocenters. The predicted octanol–water partition coefficient (Wildman–Crippen LogP) is 2.99. The smallest absolute Gasteiger partial charge is 0.222 e. The molecule has 0 heterocycles. The molecule has 2 N–H and O–H groups in total. The van der Waals surface area contributed by atoms with Crippen LogP contribution < -0.4 is 5.73 Å². The van der Waals surface area contributed by atoms with Crippen molar-refractivity contribution in [2.75, 3.05) is 12.8 Å². The SMILES string of the molecule is CN(C(=O)CCc1ccccc1N)C1CCCCC1. The number of nitrogen functional groups attached to an aromatic ring is 1. The van der Waals surface area contributed by atoms with Crippen LogP contribution in [-0.4, -0.2) is 23.9 Å². The molecule has 1 aromatic carbocycles. The molecule has 1 aromatic rings. The number of hydrogen-bond acceptors (Lipinski definition) is 2. The lowest BCUT2D eigenvalue weighted by Gasteiger charge is -2.31. The lowest BCUT2D eigenvalue weighted by Crippen LogP contribution is -2.38. The largest absolute Gasteiger partial charge is 0.399 e. The Labute approximate surface area is 115 Å². The fourth-order valence-corrected chi connectivity index (χ4v) is 2.85. The first-order chi connectivity index (χ1) is 9.18. The Kier molecular flexibility index (Phi) is 4.83. The second-order valence-electron chi connectivity index (χ2n) is 5.50. The Morgan fingerprint density at radius 3 is 2.63 bits per heavy atom. The van der Waals surface area contributed by atoms with Crippen molar-refractivity contribution >= 4 is 11.6 Å². The average molecular weight is 260 g/mol. The monoisotopic (exact) mass is 260 g/mol. The van der Waals surface area contributed by atoms with Crippen molar-refractivity contribution in [3.05, 3.63) is 29.8 Å². The van der Waals surface area contributed by atoms with E-state index in [1.165, 1.54) is 19.3 Å². The van der Waals surface area contributed by atoms with Crippen LogP contribution in [-0.2, 0) is 11.2 Å². The third-order valence-corrected chi connectivity index (χ3v) is 4.18. The van der Waals surface area contributed by atoms with Gasteiger partial charge in [-0.15, -0.1) is 0 Å². The van der Waals surface area contributed by atoms with E-state index in [9.17, 15) is 4.79 Å². The van der Waals surface area contributed by atoms with Gasteiger partial charge in [0.2, 0.25) is 5.91 Å². The van der Waals surface area contributed by atoms with E-state index >= 15 is 0 Å². The minimum atomic E-state index is 0.246. The lowest BCUT2D eigenvalue weighted by molar-refractivity contribution is -0.132. The van der Waals surface area contributed by atoms with E-state index in [0.717, 1.165) is 30.5 Å². The Morgan fingerprint density at radius 1 is 1.26 bits per heavy atom. The summed E-state index contributed by atoms with van der Waals surface area (Å²) in [5.41, 5.74) is 7.77. The summed E-state index contributed by atoms with van der Waals surface area (Å²) in [6, 6.07) is 8.25. The van der Waals surface area contributed by atoms with Crippen LogP contribution in [0.25, 0.3) is 0 Å². The van der Waals surface area contributed by atoms with Gasteiger partial charge in [0.25, 0.3) is 0 Å². The summed E-state index contributed by atoms with van der Waals surface area (Å²) >= 11 is 0. The number of amides is 1. The van der Waals surface area contributed by atoms with Crippen LogP contribution in [0, 0.1) is 0 Å². The van der Waals surface area contributed by atoms with Crippen LogP contribution in [0.4, 0.5) is 5.69 Å². The van der Waals surface area contributed by atoms with E-state index in [2.05, 4.69) is 0 Å². The second-order valence-corrected chi connectivity index (χ2v) is 5.50. The van der Waals surface area contributed by atoms with Gasteiger partial charge in [-0.25, -0.2) is 0 Å². The first kappa shape index (κ1) is 13.9. The fraction of sp³-hybridized carbons (Fsp3) is 0.562. The van der Waals surface area contributed by atoms with Gasteiger partial charge in [0.15, 0.2) is 0 Å². The molecule has 2 rings (SSSR count). The average Bonchev–Trinajstić information content (AvgIpc) is 2.46. The zero-order valence-corrected chi connectivity index (χ0v) is 11.8. The lowest BCUT2D eigenvalue weighted by atomic mass is 9.94. The Bertz CT molecular complexity index is 425. The van der Waals surface area contributed by atoms with Crippen LogP contribution in [0.1, 0.15) is 44.1 Å². The summed E-state index contributed by atoms with van der Waals surface area (Å²) in [6.07, 6.45) is 7.45. The van der Waals surface area contributed by atoms with Crippen LogP contribution >= 0.6 is 0 Å². The van der Waals surface area contributed by atoms with Gasteiger partial charge >= 0.3 is 0 Å². The van der Waals surface area contributed by atoms with Crippen molar-refractivity contribution in [1.82, 2.24) is 4.90 Å². The predicted molar refractivity (Wildman–Crippen MR) is 78.8 cm³/mol. The molecule has 19 heavy (non-hydrogen) atoms. The molecule has 0 radical (unpaired) electrons. The zero-order chi connectivity index (χ0) is 13.7. The van der Waals surface area contributed by atoms with E-state index in [-0.39, 0.29) is 5.91 Å². The quantitative estimate of drug-likeness (QED) is 0.846. The molecule has 1 aliphatic rings. The molecular formula is C16H24N2O. The van der Waals surface area contributed by atoms with Gasteiger partial charge in [0.05, 0.1) is 0 Å². The van der Waals surface area contributed by atoms with Crippen LogP contribution in [0.15, 0.2) is 24.3 Å². The van der Waals surface area contributed by atoms with E-state index in [4.69, 9.17) is 5.73 Å². The van der Waals surface area contributed by atoms with Gasteiger partial charge in [-0.3, -0.25) is 4.79 Å². The van der Waals surface area contributed by atoms with Gasteiger partial charge < -0.3 is 10.6 Å². The highest BCUT2D eigenvalue weighted by Crippen LogP contribution is 2.22. The molecule has 3 nitrogen and oxygen atoms in total. The minimum Gasteiger partial charge on any atom is -0.399 e. The van der Waals surface area contributed by atoms with Crippen LogP contribution in [0.3, 0.4) is 0 Å². The molecular weight excluding hydrogens is 236 g/mol. The third kappa shape index (κ3) is 3.72. The Hall–Kier alpha value is -1.51. The summed E-state index contributed by atoms with van der Waals surface area (Å²) in [5.74, 6) is 0.246. The Morgan fingerprint density at radius 2 is 1.95 bits per heavy atom.